The third-order valence-electron chi connectivity index (χ3n) is 8.75. The van der Waals surface area contributed by atoms with E-state index in [1.807, 2.05) is 18.2 Å². The van der Waals surface area contributed by atoms with Crippen LogP contribution in [0.1, 0.15) is 54.5 Å². The minimum absolute atomic E-state index is 0.00171. The predicted molar refractivity (Wildman–Crippen MR) is 126 cm³/mol. The highest BCUT2D eigenvalue weighted by Gasteiger charge is 2.57. The molecule has 6 nitrogen and oxygen atoms in total. The molecule has 6 rings (SSSR count). The Morgan fingerprint density at radius 1 is 1.16 bits per heavy atom. The highest BCUT2D eigenvalue weighted by Crippen LogP contribution is 2.56. The Morgan fingerprint density at radius 3 is 2.78 bits per heavy atom. The highest BCUT2D eigenvalue weighted by atomic mass is 16.2. The normalized spacial score (nSPS) is 24.2. The van der Waals surface area contributed by atoms with E-state index >= 15 is 0 Å². The van der Waals surface area contributed by atoms with E-state index in [1.165, 1.54) is 16.6 Å². The van der Waals surface area contributed by atoms with Crippen molar-refractivity contribution in [2.45, 2.75) is 52.0 Å². The van der Waals surface area contributed by atoms with Gasteiger partial charge < -0.3 is 14.5 Å². The summed E-state index contributed by atoms with van der Waals surface area (Å²) in [5.74, 6) is 1.14. The van der Waals surface area contributed by atoms with Gasteiger partial charge >= 0.3 is 0 Å². The van der Waals surface area contributed by atoms with Crippen LogP contribution in [0.2, 0.25) is 0 Å². The fraction of sp³-hybridized carbons (Fsp3) is 0.423. The molecular formula is C26H29N5O. The minimum atomic E-state index is -0.0483. The highest BCUT2D eigenvalue weighted by molar-refractivity contribution is 5.97. The number of nitrogens with one attached hydrogen (secondary N) is 1. The van der Waals surface area contributed by atoms with E-state index in [4.69, 9.17) is 4.98 Å². The number of aromatic nitrogens is 4. The lowest BCUT2D eigenvalue weighted by Gasteiger charge is -2.60. The Morgan fingerprint density at radius 2 is 1.97 bits per heavy atom. The second-order valence-electron chi connectivity index (χ2n) is 10.4. The third-order valence-corrected chi connectivity index (χ3v) is 8.75. The van der Waals surface area contributed by atoms with Gasteiger partial charge in [-0.25, -0.2) is 9.97 Å². The summed E-state index contributed by atoms with van der Waals surface area (Å²) in [6.45, 7) is 9.91. The van der Waals surface area contributed by atoms with Crippen molar-refractivity contribution in [2.24, 2.45) is 12.5 Å². The summed E-state index contributed by atoms with van der Waals surface area (Å²) in [5, 5.41) is 0. The Balaban J connectivity index is 1.45. The van der Waals surface area contributed by atoms with Gasteiger partial charge in [0.05, 0.1) is 28.4 Å². The number of carbonyl (C=O) groups is 1. The predicted octanol–water partition coefficient (Wildman–Crippen LogP) is 4.51. The number of amides is 1. The van der Waals surface area contributed by atoms with E-state index in [0.717, 1.165) is 47.3 Å². The van der Waals surface area contributed by atoms with Crippen molar-refractivity contribution in [3.05, 3.63) is 59.2 Å². The molecule has 0 unspecified atom stereocenters. The molecule has 32 heavy (non-hydrogen) atoms. The minimum Gasteiger partial charge on any atom is -0.345 e. The molecule has 164 valence electrons. The largest absolute Gasteiger partial charge is 0.345 e. The van der Waals surface area contributed by atoms with E-state index in [9.17, 15) is 4.79 Å². The van der Waals surface area contributed by atoms with Gasteiger partial charge in [0, 0.05) is 30.6 Å². The van der Waals surface area contributed by atoms with Crippen LogP contribution in [0.15, 0.2) is 36.7 Å². The summed E-state index contributed by atoms with van der Waals surface area (Å²) < 4.78 is 2.18. The molecule has 1 N–H and O–H groups in total. The Bertz CT molecular complexity index is 1410. The fourth-order valence-electron chi connectivity index (χ4n) is 6.20. The van der Waals surface area contributed by atoms with E-state index in [-0.39, 0.29) is 22.8 Å². The molecule has 2 aromatic heterocycles. The lowest BCUT2D eigenvalue weighted by molar-refractivity contribution is -0.0261. The van der Waals surface area contributed by atoms with Gasteiger partial charge in [-0.1, -0.05) is 20.8 Å². The molecule has 0 radical (unpaired) electrons. The summed E-state index contributed by atoms with van der Waals surface area (Å²) in [6, 6.07) is 10.5. The van der Waals surface area contributed by atoms with Crippen molar-refractivity contribution in [1.82, 2.24) is 24.4 Å². The molecule has 2 aromatic carbocycles. The van der Waals surface area contributed by atoms with Crippen LogP contribution in [-0.4, -0.2) is 42.9 Å². The molecule has 6 heteroatoms. The maximum absolute atomic E-state index is 13.7. The van der Waals surface area contributed by atoms with Crippen LogP contribution in [0.3, 0.4) is 0 Å². The average Bonchev–Trinajstić information content (AvgIpc) is 3.33. The van der Waals surface area contributed by atoms with Gasteiger partial charge in [0.25, 0.3) is 5.91 Å². The van der Waals surface area contributed by atoms with Gasteiger partial charge in [-0.05, 0) is 66.6 Å². The zero-order chi connectivity index (χ0) is 22.4. The summed E-state index contributed by atoms with van der Waals surface area (Å²) in [5.41, 5.74) is 7.48. The standard InChI is InChI=1S/C26H29N5O/c1-15-29-21-11-17-12-23-25(2,3)26(4,18(17)13-22(21)30(15)5)8-9-31(23)24(32)16-6-7-19-20(10-16)28-14-27-19/h6-7,10-11,13-14,23H,8-9,12H2,1-5H3,(H,27,28)/t23-,26+/m1/s1. The number of benzene rings is 2. The second-order valence-corrected chi connectivity index (χ2v) is 10.4. The van der Waals surface area contributed by atoms with Crippen LogP contribution < -0.4 is 0 Å². The van der Waals surface area contributed by atoms with Crippen LogP contribution in [0, 0.1) is 12.3 Å². The average molecular weight is 428 g/mol. The molecule has 0 spiro atoms. The van der Waals surface area contributed by atoms with Crippen molar-refractivity contribution >= 4 is 28.0 Å². The quantitative estimate of drug-likeness (QED) is 0.486. The summed E-state index contributed by atoms with van der Waals surface area (Å²) in [7, 11) is 2.09. The molecular weight excluding hydrogens is 398 g/mol. The van der Waals surface area contributed by atoms with E-state index < -0.39 is 0 Å². The number of aryl methyl sites for hydroxylation is 2. The van der Waals surface area contributed by atoms with Gasteiger partial charge in [0.1, 0.15) is 5.82 Å². The maximum Gasteiger partial charge on any atom is 0.254 e. The number of imidazole rings is 2. The first kappa shape index (κ1) is 19.5. The van der Waals surface area contributed by atoms with Gasteiger partial charge in [-0.2, -0.15) is 0 Å². The molecule has 1 saturated heterocycles. The third kappa shape index (κ3) is 2.38. The smallest absolute Gasteiger partial charge is 0.254 e. The van der Waals surface area contributed by atoms with Crippen molar-refractivity contribution in [2.75, 3.05) is 6.54 Å². The van der Waals surface area contributed by atoms with Gasteiger partial charge in [0.15, 0.2) is 0 Å². The van der Waals surface area contributed by atoms with Crippen molar-refractivity contribution in [3.63, 3.8) is 0 Å². The summed E-state index contributed by atoms with van der Waals surface area (Å²) >= 11 is 0. The van der Waals surface area contributed by atoms with Crippen LogP contribution >= 0.6 is 0 Å². The second kappa shape index (κ2) is 6.21. The van der Waals surface area contributed by atoms with Crippen molar-refractivity contribution < 1.29 is 4.79 Å². The van der Waals surface area contributed by atoms with Gasteiger partial charge in [-0.15, -0.1) is 0 Å². The first-order valence-electron chi connectivity index (χ1n) is 11.4. The number of piperidine rings is 1. The number of aromatic amines is 1. The first-order chi connectivity index (χ1) is 15.2. The monoisotopic (exact) mass is 427 g/mol. The molecule has 2 atom stereocenters. The molecule has 1 aliphatic carbocycles. The van der Waals surface area contributed by atoms with Gasteiger partial charge in [-0.3, -0.25) is 4.79 Å². The van der Waals surface area contributed by atoms with Crippen LogP contribution in [0.25, 0.3) is 22.1 Å². The van der Waals surface area contributed by atoms with Crippen LogP contribution in [0.5, 0.6) is 0 Å². The zero-order valence-corrected chi connectivity index (χ0v) is 19.4. The number of rotatable bonds is 1. The fourth-order valence-corrected chi connectivity index (χ4v) is 6.20. The number of hydrogen-bond acceptors (Lipinski definition) is 3. The van der Waals surface area contributed by atoms with Crippen LogP contribution in [-0.2, 0) is 18.9 Å². The Hall–Kier alpha value is -3.15. The number of likely N-dealkylation sites (tertiary alicyclic amines) is 1. The SMILES string of the molecule is Cc1nc2cc3c(cc2n1C)[C@]1(C)CCN(C(=O)c2ccc4nc[nH]c4c2)[C@H](C3)C1(C)C. The zero-order valence-electron chi connectivity index (χ0n) is 19.4. The number of nitrogens with zero attached hydrogens (tertiary/aromatic N) is 4. The molecule has 2 bridgehead atoms. The van der Waals surface area contributed by atoms with E-state index in [1.54, 1.807) is 6.33 Å². The molecule has 3 heterocycles. The molecule has 4 aromatic rings. The van der Waals surface area contributed by atoms with Crippen LogP contribution in [0.4, 0.5) is 0 Å². The number of fused-ring (bicyclic) bond motifs is 6. The number of hydrogen-bond donors (Lipinski definition) is 1. The molecule has 1 fully saturated rings. The number of carbonyl (C=O) groups excluding carboxylic acids is 1. The summed E-state index contributed by atoms with van der Waals surface area (Å²) in [6.07, 6.45) is 3.48. The molecule has 1 aliphatic heterocycles. The lowest BCUT2D eigenvalue weighted by atomic mass is 9.51. The first-order valence-corrected chi connectivity index (χ1v) is 11.4. The topological polar surface area (TPSA) is 66.8 Å². The van der Waals surface area contributed by atoms with Crippen molar-refractivity contribution in [3.8, 4) is 0 Å². The number of H-pyrrole nitrogens is 1. The van der Waals surface area contributed by atoms with E-state index in [0.29, 0.717) is 0 Å². The lowest BCUT2D eigenvalue weighted by Crippen LogP contribution is -2.64. The maximum atomic E-state index is 13.7. The molecule has 0 saturated carbocycles. The molecule has 1 amide bonds. The Kier molecular flexibility index (Phi) is 3.79. The van der Waals surface area contributed by atoms with Gasteiger partial charge in [0.2, 0.25) is 0 Å². The summed E-state index contributed by atoms with van der Waals surface area (Å²) in [4.78, 5) is 28.0. The van der Waals surface area contributed by atoms with Crippen molar-refractivity contribution in [1.29, 1.82) is 0 Å². The van der Waals surface area contributed by atoms with E-state index in [2.05, 4.69) is 66.3 Å². The Labute approximate surface area is 187 Å². The molecule has 2 aliphatic rings.